The fourth-order valence-electron chi connectivity index (χ4n) is 3.32. The molecule has 1 aromatic heterocycles. The molecule has 1 amide bonds. The number of hydrogen-bond acceptors (Lipinski definition) is 3. The van der Waals surface area contributed by atoms with Crippen molar-refractivity contribution in [3.63, 3.8) is 0 Å². The van der Waals surface area contributed by atoms with E-state index in [0.29, 0.717) is 6.10 Å². The van der Waals surface area contributed by atoms with E-state index in [0.717, 1.165) is 50.3 Å². The van der Waals surface area contributed by atoms with Gasteiger partial charge in [-0.3, -0.25) is 4.79 Å². The summed E-state index contributed by atoms with van der Waals surface area (Å²) in [5, 5.41) is 2.09. The Labute approximate surface area is 124 Å². The summed E-state index contributed by atoms with van der Waals surface area (Å²) in [7, 11) is 1.76. The number of piperidine rings is 1. The van der Waals surface area contributed by atoms with E-state index in [-0.39, 0.29) is 5.91 Å². The molecule has 20 heavy (non-hydrogen) atoms. The zero-order chi connectivity index (χ0) is 14.1. The quantitative estimate of drug-likeness (QED) is 0.838. The molecule has 110 valence electrons. The highest BCUT2D eigenvalue weighted by Gasteiger charge is 2.28. The van der Waals surface area contributed by atoms with E-state index in [1.54, 1.807) is 18.4 Å². The molecule has 0 bridgehead atoms. The first kappa shape index (κ1) is 14.1. The predicted octanol–water partition coefficient (Wildman–Crippen LogP) is 3.12. The maximum absolute atomic E-state index is 12.7. The van der Waals surface area contributed by atoms with E-state index in [1.807, 2.05) is 4.90 Å². The van der Waals surface area contributed by atoms with Gasteiger partial charge in [-0.15, -0.1) is 11.3 Å². The molecule has 0 saturated carbocycles. The van der Waals surface area contributed by atoms with Crippen LogP contribution in [0.15, 0.2) is 5.38 Å². The fourth-order valence-corrected chi connectivity index (χ4v) is 4.56. The Kier molecular flexibility index (Phi) is 4.13. The SMILES string of the molecule is COC1CCN(C(=O)c2csc3c2CCC(C)C3)CC1. The van der Waals surface area contributed by atoms with Gasteiger partial charge in [0.1, 0.15) is 0 Å². The third-order valence-corrected chi connectivity index (χ3v) is 5.75. The molecule has 1 atom stereocenters. The Bertz CT molecular complexity index is 489. The van der Waals surface area contributed by atoms with Crippen molar-refractivity contribution in [2.24, 2.45) is 5.92 Å². The van der Waals surface area contributed by atoms with E-state index >= 15 is 0 Å². The monoisotopic (exact) mass is 293 g/mol. The molecule has 1 aliphatic carbocycles. The van der Waals surface area contributed by atoms with Crippen LogP contribution in [0.3, 0.4) is 0 Å². The topological polar surface area (TPSA) is 29.5 Å². The van der Waals surface area contributed by atoms with Crippen LogP contribution in [-0.4, -0.2) is 37.1 Å². The van der Waals surface area contributed by atoms with Crippen LogP contribution in [0.5, 0.6) is 0 Å². The molecule has 0 spiro atoms. The van der Waals surface area contributed by atoms with Crippen molar-refractivity contribution in [2.75, 3.05) is 20.2 Å². The highest BCUT2D eigenvalue weighted by atomic mass is 32.1. The van der Waals surface area contributed by atoms with Gasteiger partial charge in [-0.1, -0.05) is 6.92 Å². The van der Waals surface area contributed by atoms with Crippen molar-refractivity contribution >= 4 is 17.2 Å². The third-order valence-electron chi connectivity index (χ3n) is 4.69. The fraction of sp³-hybridized carbons (Fsp3) is 0.688. The van der Waals surface area contributed by atoms with Gasteiger partial charge in [0.2, 0.25) is 0 Å². The summed E-state index contributed by atoms with van der Waals surface area (Å²) >= 11 is 1.78. The highest BCUT2D eigenvalue weighted by Crippen LogP contribution is 2.33. The van der Waals surface area contributed by atoms with Crippen molar-refractivity contribution in [3.8, 4) is 0 Å². The summed E-state index contributed by atoms with van der Waals surface area (Å²) in [5.74, 6) is 1.01. The second-order valence-corrected chi connectivity index (χ2v) is 7.09. The summed E-state index contributed by atoms with van der Waals surface area (Å²) in [5.41, 5.74) is 2.32. The lowest BCUT2D eigenvalue weighted by Crippen LogP contribution is -2.40. The third kappa shape index (κ3) is 2.63. The van der Waals surface area contributed by atoms with Crippen LogP contribution < -0.4 is 0 Å². The Balaban J connectivity index is 1.72. The summed E-state index contributed by atoms with van der Waals surface area (Å²) in [6, 6.07) is 0. The van der Waals surface area contributed by atoms with Gasteiger partial charge in [-0.05, 0) is 43.6 Å². The van der Waals surface area contributed by atoms with Crippen molar-refractivity contribution < 1.29 is 9.53 Å². The van der Waals surface area contributed by atoms with Crippen LogP contribution in [0.2, 0.25) is 0 Å². The van der Waals surface area contributed by atoms with Gasteiger partial charge in [0.15, 0.2) is 0 Å². The molecule has 3 nitrogen and oxygen atoms in total. The Morgan fingerprint density at radius 2 is 2.10 bits per heavy atom. The Morgan fingerprint density at radius 3 is 2.80 bits per heavy atom. The van der Waals surface area contributed by atoms with E-state index in [2.05, 4.69) is 12.3 Å². The van der Waals surface area contributed by atoms with Crippen molar-refractivity contribution in [1.29, 1.82) is 0 Å². The second-order valence-electron chi connectivity index (χ2n) is 6.13. The van der Waals surface area contributed by atoms with Crippen LogP contribution in [0.4, 0.5) is 0 Å². The molecule has 0 radical (unpaired) electrons. The number of hydrogen-bond donors (Lipinski definition) is 0. The Hall–Kier alpha value is -0.870. The standard InChI is InChI=1S/C16H23NO2S/c1-11-3-4-13-14(10-20-15(13)9-11)16(18)17-7-5-12(19-2)6-8-17/h10-12H,3-9H2,1-2H3. The van der Waals surface area contributed by atoms with Crippen molar-refractivity contribution in [3.05, 3.63) is 21.4 Å². The van der Waals surface area contributed by atoms with E-state index in [9.17, 15) is 4.79 Å². The number of ether oxygens (including phenoxy) is 1. The van der Waals surface area contributed by atoms with Gasteiger partial charge in [0.25, 0.3) is 5.91 Å². The highest BCUT2D eigenvalue weighted by molar-refractivity contribution is 7.10. The zero-order valence-electron chi connectivity index (χ0n) is 12.4. The minimum absolute atomic E-state index is 0.242. The van der Waals surface area contributed by atoms with Crippen molar-refractivity contribution in [2.45, 2.75) is 45.1 Å². The number of nitrogens with zero attached hydrogens (tertiary/aromatic N) is 1. The maximum atomic E-state index is 12.7. The first-order chi connectivity index (χ1) is 9.69. The van der Waals surface area contributed by atoms with Crippen LogP contribution in [-0.2, 0) is 17.6 Å². The van der Waals surface area contributed by atoms with Gasteiger partial charge < -0.3 is 9.64 Å². The van der Waals surface area contributed by atoms with Gasteiger partial charge in [0, 0.05) is 30.5 Å². The molecule has 2 heterocycles. The number of fused-ring (bicyclic) bond motifs is 1. The summed E-state index contributed by atoms with van der Waals surface area (Å²) < 4.78 is 5.38. The molecule has 1 saturated heterocycles. The largest absolute Gasteiger partial charge is 0.381 e. The molecule has 1 aromatic rings. The maximum Gasteiger partial charge on any atom is 0.254 e. The molecule has 0 aromatic carbocycles. The minimum atomic E-state index is 0.242. The lowest BCUT2D eigenvalue weighted by molar-refractivity contribution is 0.0350. The van der Waals surface area contributed by atoms with Gasteiger partial charge in [0.05, 0.1) is 11.7 Å². The summed E-state index contributed by atoms with van der Waals surface area (Å²) in [4.78, 5) is 16.2. The molecule has 4 heteroatoms. The van der Waals surface area contributed by atoms with Gasteiger partial charge in [-0.25, -0.2) is 0 Å². The summed E-state index contributed by atoms with van der Waals surface area (Å²) in [6.45, 7) is 3.97. The molecule has 2 aliphatic rings. The normalized spacial score (nSPS) is 23.7. The lowest BCUT2D eigenvalue weighted by Gasteiger charge is -2.31. The molecular weight excluding hydrogens is 270 g/mol. The number of methoxy groups -OCH3 is 1. The zero-order valence-corrected chi connectivity index (χ0v) is 13.2. The van der Waals surface area contributed by atoms with E-state index < -0.39 is 0 Å². The molecule has 3 rings (SSSR count). The number of likely N-dealkylation sites (tertiary alicyclic amines) is 1. The number of carbonyl (C=O) groups excluding carboxylic acids is 1. The predicted molar refractivity (Wildman–Crippen MR) is 81.4 cm³/mol. The lowest BCUT2D eigenvalue weighted by atomic mass is 9.88. The minimum Gasteiger partial charge on any atom is -0.381 e. The molecule has 1 unspecified atom stereocenters. The van der Waals surface area contributed by atoms with Gasteiger partial charge >= 0.3 is 0 Å². The average Bonchev–Trinajstić information content (AvgIpc) is 2.89. The van der Waals surface area contributed by atoms with Crippen LogP contribution in [0, 0.1) is 5.92 Å². The first-order valence-electron chi connectivity index (χ1n) is 7.60. The first-order valence-corrected chi connectivity index (χ1v) is 8.48. The second kappa shape index (κ2) is 5.86. The number of rotatable bonds is 2. The Morgan fingerprint density at radius 1 is 1.35 bits per heavy atom. The van der Waals surface area contributed by atoms with E-state index in [1.165, 1.54) is 16.9 Å². The van der Waals surface area contributed by atoms with Crippen molar-refractivity contribution in [1.82, 2.24) is 4.90 Å². The van der Waals surface area contributed by atoms with E-state index in [4.69, 9.17) is 4.74 Å². The molecule has 0 N–H and O–H groups in total. The number of amides is 1. The number of carbonyl (C=O) groups is 1. The van der Waals surface area contributed by atoms with Crippen LogP contribution in [0.25, 0.3) is 0 Å². The molecule has 1 fully saturated rings. The smallest absolute Gasteiger partial charge is 0.254 e. The number of thiophene rings is 1. The average molecular weight is 293 g/mol. The van der Waals surface area contributed by atoms with Crippen LogP contribution >= 0.6 is 11.3 Å². The molecular formula is C16H23NO2S. The van der Waals surface area contributed by atoms with Crippen LogP contribution in [0.1, 0.15) is 47.0 Å². The molecule has 1 aliphatic heterocycles. The van der Waals surface area contributed by atoms with Gasteiger partial charge in [-0.2, -0.15) is 0 Å². The summed E-state index contributed by atoms with van der Waals surface area (Å²) in [6.07, 6.45) is 5.71.